The maximum absolute atomic E-state index is 11.5. The van der Waals surface area contributed by atoms with Gasteiger partial charge in [-0.2, -0.15) is 0 Å². The Balaban J connectivity index is 0.000000565. The number of hydrogen-bond donors (Lipinski definition) is 6. The first-order valence-electron chi connectivity index (χ1n) is 25.6. The van der Waals surface area contributed by atoms with E-state index in [1.54, 1.807) is 119 Å². The van der Waals surface area contributed by atoms with Gasteiger partial charge in [-0.15, -0.1) is 0 Å². The summed E-state index contributed by atoms with van der Waals surface area (Å²) in [5.41, 5.74) is 5.51. The average molecular weight is 1240 g/mol. The summed E-state index contributed by atoms with van der Waals surface area (Å²) in [5, 5.41) is 65.8. The molecule has 8 rings (SSSR count). The molecule has 8 aromatic carbocycles. The average Bonchev–Trinajstić information content (AvgIpc) is 3.63. The van der Waals surface area contributed by atoms with Crippen molar-refractivity contribution in [3.63, 3.8) is 0 Å². The zero-order valence-corrected chi connectivity index (χ0v) is 54.7. The van der Waals surface area contributed by atoms with Crippen LogP contribution in [0.4, 0.5) is 0 Å². The van der Waals surface area contributed by atoms with Gasteiger partial charge in [-0.25, -0.2) is 4.79 Å². The van der Waals surface area contributed by atoms with Crippen LogP contribution < -0.4 is 102 Å². The molecule has 0 saturated carbocycles. The van der Waals surface area contributed by atoms with E-state index in [-0.39, 0.29) is 105 Å². The van der Waals surface area contributed by atoms with E-state index >= 15 is 0 Å². The van der Waals surface area contributed by atoms with Crippen molar-refractivity contribution in [2.75, 3.05) is 56.9 Å². The molecule has 0 aliphatic rings. The summed E-state index contributed by atoms with van der Waals surface area (Å²) in [6, 6.07) is 45.9. The van der Waals surface area contributed by atoms with Crippen LogP contribution in [0.25, 0.3) is 35.5 Å². The Morgan fingerprint density at radius 3 is 0.944 bits per heavy atom. The Bertz CT molecular complexity index is 3370. The molecule has 0 spiro atoms. The van der Waals surface area contributed by atoms with E-state index in [0.29, 0.717) is 67.9 Å². The zero-order chi connectivity index (χ0) is 63.1. The predicted molar refractivity (Wildman–Crippen MR) is 327 cm³/mol. The molecule has 8 aromatic rings. The van der Waals surface area contributed by atoms with Gasteiger partial charge in [-0.1, -0.05) is 60.7 Å². The van der Waals surface area contributed by atoms with Crippen molar-refractivity contribution in [2.45, 2.75) is 6.42 Å². The molecule has 0 radical (unpaired) electrons. The van der Waals surface area contributed by atoms with Crippen molar-refractivity contribution >= 4 is 59.6 Å². The van der Waals surface area contributed by atoms with E-state index in [1.165, 1.54) is 89.1 Å². The number of methoxy groups -OCH3 is 8. The van der Waals surface area contributed by atoms with Crippen LogP contribution in [0.3, 0.4) is 0 Å². The van der Waals surface area contributed by atoms with Crippen molar-refractivity contribution in [1.82, 2.24) is 0 Å². The van der Waals surface area contributed by atoms with Gasteiger partial charge in [0, 0.05) is 35.4 Å². The fourth-order valence-corrected chi connectivity index (χ4v) is 7.36. The van der Waals surface area contributed by atoms with Gasteiger partial charge in [0.25, 0.3) is 0 Å². The third kappa shape index (κ3) is 27.5. The maximum atomic E-state index is 11.5. The SMILES string of the molecule is COc1cc(/C=C(/C(=O)O)c2ccc(O)cc2)cc(OC)c1.COc1cc(/C=C(/C(=O)[O-])c2ccc(O)cc2)cc(OC)c1.COc1cc(/C=C/c2ccc(O)cc2)cc(OC)c1.COc1cc(C=O)cc(OC)c1.O=C(O)Cc1ccc(O)cc1.[Na+].[Na+].[OH-]. The normalized spacial score (nSPS) is 10.2. The van der Waals surface area contributed by atoms with Crippen LogP contribution in [-0.2, 0) is 20.8 Å². The molecule has 0 aromatic heterocycles. The van der Waals surface area contributed by atoms with Gasteiger partial charge >= 0.3 is 71.1 Å². The molecule has 456 valence electrons. The number of hydrogen-bond acceptors (Lipinski definition) is 18. The first-order valence-corrected chi connectivity index (χ1v) is 25.6. The van der Waals surface area contributed by atoms with Gasteiger partial charge in [-0.3, -0.25) is 9.59 Å². The summed E-state index contributed by atoms with van der Waals surface area (Å²) in [5.74, 6) is 2.31. The van der Waals surface area contributed by atoms with E-state index in [0.717, 1.165) is 28.9 Å². The number of aromatic hydroxyl groups is 4. The summed E-state index contributed by atoms with van der Waals surface area (Å²) >= 11 is 0. The standard InChI is InChI=1S/2C17H16O5.C16H16O3.C9H10O3.C8H8O3.2Na.H2O/c2*1-21-14-7-11(8-15(10-14)22-2)9-16(17(19)20)12-3-5-13(18)6-4-12;1-18-15-9-13(10-16(11-15)19-2)4-3-12-5-7-14(17)8-6-12;1-11-8-3-7(6-10)4-9(5-8)12-2;9-7-3-1-6(2-4-7)5-8(10)11;;;/h2*3-10,18H,1-2H3,(H,19,20);3-11,17H,1-2H3;3-6H,1-2H3;1-4,9H,5H2,(H,10,11);;;1H2/q;;;;;2*+1;/p-2/b2*16-9+;4-3+;;;;;. The maximum Gasteiger partial charge on any atom is 1.00 e. The second kappa shape index (κ2) is 40.9. The van der Waals surface area contributed by atoms with E-state index in [4.69, 9.17) is 48.1 Å². The largest absolute Gasteiger partial charge is 1.00 e. The molecule has 89 heavy (non-hydrogen) atoms. The third-order valence-electron chi connectivity index (χ3n) is 11.7. The van der Waals surface area contributed by atoms with Crippen LogP contribution in [0.1, 0.15) is 49.3 Å². The molecule has 0 aliphatic carbocycles. The Kier molecular flexibility index (Phi) is 35.7. The van der Waals surface area contributed by atoms with Crippen molar-refractivity contribution in [2.24, 2.45) is 0 Å². The summed E-state index contributed by atoms with van der Waals surface area (Å²) in [6.45, 7) is 0. The van der Waals surface area contributed by atoms with Gasteiger partial charge in [0.05, 0.1) is 74.8 Å². The number of aliphatic carboxylic acids is 3. The summed E-state index contributed by atoms with van der Waals surface area (Å²) in [4.78, 5) is 43.5. The van der Waals surface area contributed by atoms with Crippen molar-refractivity contribution < 1.29 is 157 Å². The minimum absolute atomic E-state index is 0. The molecule has 22 heteroatoms. The number of carbonyl (C=O) groups excluding carboxylic acids is 2. The van der Waals surface area contributed by atoms with Crippen LogP contribution in [0.2, 0.25) is 0 Å². The summed E-state index contributed by atoms with van der Waals surface area (Å²) in [6.07, 6.45) is 7.68. The minimum atomic E-state index is -1.31. The number of ether oxygens (including phenoxy) is 8. The molecule has 0 atom stereocenters. The fourth-order valence-electron chi connectivity index (χ4n) is 7.36. The molecule has 0 bridgehead atoms. The smallest absolute Gasteiger partial charge is 0.870 e. The van der Waals surface area contributed by atoms with E-state index in [2.05, 4.69) is 0 Å². The Morgan fingerprint density at radius 2 is 0.652 bits per heavy atom. The Morgan fingerprint density at radius 1 is 0.382 bits per heavy atom. The minimum Gasteiger partial charge on any atom is -0.870 e. The molecule has 20 nitrogen and oxygen atoms in total. The van der Waals surface area contributed by atoms with Crippen LogP contribution in [0.5, 0.6) is 69.0 Å². The second-order valence-corrected chi connectivity index (χ2v) is 17.7. The van der Waals surface area contributed by atoms with Crippen molar-refractivity contribution in [3.8, 4) is 69.0 Å². The third-order valence-corrected chi connectivity index (χ3v) is 11.7. The zero-order valence-electron chi connectivity index (χ0n) is 50.7. The molecular weight excluding hydrogens is 1170 g/mol. The molecular formula is C67H66Na2O20. The first kappa shape index (κ1) is 77.6. The topological polar surface area (TPSA) is 317 Å². The number of carboxylic acids is 3. The van der Waals surface area contributed by atoms with E-state index in [1.807, 2.05) is 42.5 Å². The Hall–Kier alpha value is -9.38. The number of rotatable bonds is 19. The van der Waals surface area contributed by atoms with Crippen molar-refractivity contribution in [1.29, 1.82) is 0 Å². The molecule has 0 unspecified atom stereocenters. The molecule has 0 heterocycles. The number of aldehydes is 1. The van der Waals surface area contributed by atoms with Gasteiger partial charge in [-0.05, 0) is 148 Å². The number of phenolic OH excluding ortho intramolecular Hbond substituents is 4. The second-order valence-electron chi connectivity index (χ2n) is 17.7. The number of benzene rings is 8. The van der Waals surface area contributed by atoms with Crippen LogP contribution in [0, 0.1) is 0 Å². The van der Waals surface area contributed by atoms with Gasteiger partial charge in [0.2, 0.25) is 0 Å². The number of carboxylic acid groups (broad SMARTS) is 3. The van der Waals surface area contributed by atoms with Gasteiger partial charge in [0.15, 0.2) is 0 Å². The number of carbonyl (C=O) groups is 4. The van der Waals surface area contributed by atoms with Gasteiger partial charge in [0.1, 0.15) is 75.3 Å². The van der Waals surface area contributed by atoms with E-state index < -0.39 is 17.9 Å². The predicted octanol–water partition coefficient (Wildman–Crippen LogP) is 4.68. The van der Waals surface area contributed by atoms with E-state index in [9.17, 15) is 44.7 Å². The van der Waals surface area contributed by atoms with Crippen LogP contribution >= 0.6 is 0 Å². The van der Waals surface area contributed by atoms with Gasteiger partial charge < -0.3 is 83.9 Å². The quantitative estimate of drug-likeness (QED) is 0.0277. The molecule has 7 N–H and O–H groups in total. The Labute approximate surface area is 559 Å². The first-order chi connectivity index (χ1) is 41.2. The van der Waals surface area contributed by atoms with Crippen LogP contribution in [0.15, 0.2) is 170 Å². The molecule has 0 saturated heterocycles. The molecule has 0 fully saturated rings. The summed E-state index contributed by atoms with van der Waals surface area (Å²) in [7, 11) is 12.4. The van der Waals surface area contributed by atoms with Crippen molar-refractivity contribution in [3.05, 3.63) is 214 Å². The fraction of sp³-hybridized carbons (Fsp3) is 0.134. The summed E-state index contributed by atoms with van der Waals surface area (Å²) < 4.78 is 41.0. The van der Waals surface area contributed by atoms with Crippen LogP contribution in [-0.4, -0.2) is 117 Å². The molecule has 0 amide bonds. The number of phenols is 4. The molecule has 0 aliphatic heterocycles. The monoisotopic (exact) mass is 1240 g/mol.